The number of carbonyl (C=O) groups is 1. The third-order valence-corrected chi connectivity index (χ3v) is 4.58. The molecule has 0 aliphatic rings. The predicted molar refractivity (Wildman–Crippen MR) is 109 cm³/mol. The van der Waals surface area contributed by atoms with Crippen molar-refractivity contribution in [1.29, 1.82) is 0 Å². The summed E-state index contributed by atoms with van der Waals surface area (Å²) in [5, 5.41) is 12.5. The molecular weight excluding hydrogens is 358 g/mol. The van der Waals surface area contributed by atoms with Crippen LogP contribution in [0.2, 0.25) is 0 Å². The number of nitrogens with zero attached hydrogens (tertiary/aromatic N) is 3. The Morgan fingerprint density at radius 2 is 2.11 bits per heavy atom. The number of nitrogen functional groups attached to an aromatic ring is 1. The summed E-state index contributed by atoms with van der Waals surface area (Å²) in [5.41, 5.74) is 8.52. The molecular formula is C20H25N5O3. The van der Waals surface area contributed by atoms with Crippen LogP contribution in [0.5, 0.6) is 5.75 Å². The van der Waals surface area contributed by atoms with E-state index in [0.29, 0.717) is 18.1 Å². The van der Waals surface area contributed by atoms with Gasteiger partial charge >= 0.3 is 5.97 Å². The van der Waals surface area contributed by atoms with Crippen molar-refractivity contribution in [2.45, 2.75) is 32.7 Å². The van der Waals surface area contributed by atoms with Crippen molar-refractivity contribution in [3.05, 3.63) is 41.6 Å². The second-order valence-electron chi connectivity index (χ2n) is 6.57. The largest absolute Gasteiger partial charge is 0.496 e. The summed E-state index contributed by atoms with van der Waals surface area (Å²) in [6, 6.07) is 6.76. The average Bonchev–Trinajstić information content (AvgIpc) is 3.07. The van der Waals surface area contributed by atoms with Crippen molar-refractivity contribution in [2.24, 2.45) is 0 Å². The van der Waals surface area contributed by atoms with Crippen molar-refractivity contribution >= 4 is 28.8 Å². The number of methoxy groups -OCH3 is 1. The van der Waals surface area contributed by atoms with E-state index in [0.717, 1.165) is 42.4 Å². The number of carboxylic acid groups (broad SMARTS) is 1. The number of aromatic carboxylic acids is 1. The lowest BCUT2D eigenvalue weighted by Crippen LogP contribution is -2.09. The lowest BCUT2D eigenvalue weighted by molar-refractivity contribution is 0.0696. The third kappa shape index (κ3) is 4.16. The molecule has 0 radical (unpaired) electrons. The molecule has 2 aromatic heterocycles. The van der Waals surface area contributed by atoms with E-state index in [-0.39, 0.29) is 11.5 Å². The van der Waals surface area contributed by atoms with Gasteiger partial charge in [0.15, 0.2) is 5.82 Å². The Bertz CT molecular complexity index is 983. The molecule has 0 spiro atoms. The van der Waals surface area contributed by atoms with Gasteiger partial charge < -0.3 is 25.5 Å². The van der Waals surface area contributed by atoms with Crippen LogP contribution in [0.4, 0.5) is 11.8 Å². The Balaban J connectivity index is 1.94. The highest BCUT2D eigenvalue weighted by Crippen LogP contribution is 2.27. The second kappa shape index (κ2) is 8.60. The number of carboxylic acids is 1. The third-order valence-electron chi connectivity index (χ3n) is 4.58. The van der Waals surface area contributed by atoms with Crippen molar-refractivity contribution in [2.75, 3.05) is 24.7 Å². The fourth-order valence-corrected chi connectivity index (χ4v) is 3.15. The maximum Gasteiger partial charge on any atom is 0.335 e. The molecule has 2 heterocycles. The van der Waals surface area contributed by atoms with Crippen LogP contribution in [0.1, 0.15) is 42.1 Å². The lowest BCUT2D eigenvalue weighted by Gasteiger charge is -2.14. The number of hydrogen-bond donors (Lipinski definition) is 3. The number of nitrogens with two attached hydrogens (primary N) is 1. The van der Waals surface area contributed by atoms with Crippen LogP contribution in [0, 0.1) is 0 Å². The summed E-state index contributed by atoms with van der Waals surface area (Å²) in [5.74, 6) is 0.464. The molecule has 4 N–H and O–H groups in total. The SMILES string of the molecule is CCCCCNc1nc(N)nc2ccn(Cc3ccc(C(=O)O)cc3OC)c12. The molecule has 1 aromatic carbocycles. The van der Waals surface area contributed by atoms with Gasteiger partial charge in [-0.2, -0.15) is 4.98 Å². The number of anilines is 2. The highest BCUT2D eigenvalue weighted by atomic mass is 16.5. The van der Waals surface area contributed by atoms with Crippen molar-refractivity contribution in [3.63, 3.8) is 0 Å². The van der Waals surface area contributed by atoms with Gasteiger partial charge in [0, 0.05) is 18.3 Å². The number of nitrogens with one attached hydrogen (secondary N) is 1. The fraction of sp³-hybridized carbons (Fsp3) is 0.350. The molecule has 148 valence electrons. The van der Waals surface area contributed by atoms with Crippen molar-refractivity contribution < 1.29 is 14.6 Å². The molecule has 8 nitrogen and oxygen atoms in total. The molecule has 0 aliphatic carbocycles. The van der Waals surface area contributed by atoms with E-state index in [2.05, 4.69) is 22.2 Å². The molecule has 3 rings (SSSR count). The van der Waals surface area contributed by atoms with Crippen LogP contribution in [-0.4, -0.2) is 39.3 Å². The quantitative estimate of drug-likeness (QED) is 0.485. The highest BCUT2D eigenvalue weighted by Gasteiger charge is 2.14. The smallest absolute Gasteiger partial charge is 0.335 e. The number of fused-ring (bicyclic) bond motifs is 1. The van der Waals surface area contributed by atoms with Gasteiger partial charge in [-0.15, -0.1) is 0 Å². The molecule has 0 unspecified atom stereocenters. The predicted octanol–water partition coefficient (Wildman–Crippen LogP) is 3.37. The molecule has 0 aliphatic heterocycles. The Kier molecular flexibility index (Phi) is 5.98. The maximum atomic E-state index is 11.2. The number of hydrogen-bond acceptors (Lipinski definition) is 6. The first kappa shape index (κ1) is 19.5. The highest BCUT2D eigenvalue weighted by molar-refractivity contribution is 5.89. The van der Waals surface area contributed by atoms with Crippen LogP contribution >= 0.6 is 0 Å². The minimum atomic E-state index is -0.987. The average molecular weight is 383 g/mol. The van der Waals surface area contributed by atoms with Crippen molar-refractivity contribution in [3.8, 4) is 5.75 Å². The van der Waals surface area contributed by atoms with Gasteiger partial charge in [-0.3, -0.25) is 0 Å². The van der Waals surface area contributed by atoms with Gasteiger partial charge in [-0.05, 0) is 24.6 Å². The first-order chi connectivity index (χ1) is 13.5. The number of rotatable bonds is 9. The maximum absolute atomic E-state index is 11.2. The Morgan fingerprint density at radius 1 is 1.29 bits per heavy atom. The van der Waals surface area contributed by atoms with Crippen LogP contribution in [-0.2, 0) is 6.54 Å². The minimum Gasteiger partial charge on any atom is -0.496 e. The zero-order chi connectivity index (χ0) is 20.1. The molecule has 8 heteroatoms. The molecule has 0 bridgehead atoms. The minimum absolute atomic E-state index is 0.187. The van der Waals surface area contributed by atoms with Gasteiger partial charge in [0.2, 0.25) is 5.95 Å². The summed E-state index contributed by atoms with van der Waals surface area (Å²) in [7, 11) is 1.53. The van der Waals surface area contributed by atoms with Gasteiger partial charge in [0.1, 0.15) is 11.3 Å². The van der Waals surface area contributed by atoms with Gasteiger partial charge in [0.25, 0.3) is 0 Å². The van der Waals surface area contributed by atoms with Gasteiger partial charge in [-0.1, -0.05) is 25.8 Å². The molecule has 0 saturated heterocycles. The second-order valence-corrected chi connectivity index (χ2v) is 6.57. The zero-order valence-corrected chi connectivity index (χ0v) is 16.1. The number of benzene rings is 1. The zero-order valence-electron chi connectivity index (χ0n) is 16.1. The molecule has 0 saturated carbocycles. The summed E-state index contributed by atoms with van der Waals surface area (Å²) in [6.45, 7) is 3.46. The van der Waals surface area contributed by atoms with E-state index in [1.54, 1.807) is 12.1 Å². The molecule has 3 aromatic rings. The normalized spacial score (nSPS) is 10.9. The van der Waals surface area contributed by atoms with E-state index in [1.807, 2.05) is 16.8 Å². The van der Waals surface area contributed by atoms with Crippen LogP contribution < -0.4 is 15.8 Å². The van der Waals surface area contributed by atoms with Crippen molar-refractivity contribution in [1.82, 2.24) is 14.5 Å². The van der Waals surface area contributed by atoms with Crippen LogP contribution in [0.25, 0.3) is 11.0 Å². The molecule has 0 fully saturated rings. The summed E-state index contributed by atoms with van der Waals surface area (Å²) in [4.78, 5) is 19.9. The summed E-state index contributed by atoms with van der Waals surface area (Å²) < 4.78 is 7.40. The summed E-state index contributed by atoms with van der Waals surface area (Å²) >= 11 is 0. The number of unbranched alkanes of at least 4 members (excludes halogenated alkanes) is 2. The molecule has 0 atom stereocenters. The van der Waals surface area contributed by atoms with E-state index < -0.39 is 5.97 Å². The monoisotopic (exact) mass is 383 g/mol. The van der Waals surface area contributed by atoms with E-state index >= 15 is 0 Å². The van der Waals surface area contributed by atoms with Gasteiger partial charge in [-0.25, -0.2) is 9.78 Å². The molecule has 28 heavy (non-hydrogen) atoms. The first-order valence-corrected chi connectivity index (χ1v) is 9.30. The van der Waals surface area contributed by atoms with E-state index in [1.165, 1.54) is 13.2 Å². The summed E-state index contributed by atoms with van der Waals surface area (Å²) in [6.07, 6.45) is 5.25. The Labute approximate surface area is 163 Å². The lowest BCUT2D eigenvalue weighted by atomic mass is 10.1. The Morgan fingerprint density at radius 3 is 2.82 bits per heavy atom. The number of ether oxygens (including phenoxy) is 1. The topological polar surface area (TPSA) is 115 Å². The first-order valence-electron chi connectivity index (χ1n) is 9.30. The van der Waals surface area contributed by atoms with Crippen LogP contribution in [0.3, 0.4) is 0 Å². The standard InChI is InChI=1S/C20H25N5O3/c1-3-4-5-9-22-18-17-15(23-20(21)24-18)8-10-25(17)12-14-7-6-13(19(26)27)11-16(14)28-2/h6-8,10-11H,3-5,9,12H2,1-2H3,(H,26,27)(H3,21,22,23,24). The van der Waals surface area contributed by atoms with E-state index in [9.17, 15) is 9.90 Å². The van der Waals surface area contributed by atoms with Gasteiger partial charge in [0.05, 0.1) is 24.7 Å². The Hall–Kier alpha value is -3.29. The number of aromatic nitrogens is 3. The molecule has 0 amide bonds. The van der Waals surface area contributed by atoms with Crippen LogP contribution in [0.15, 0.2) is 30.5 Å². The fourth-order valence-electron chi connectivity index (χ4n) is 3.15. The van der Waals surface area contributed by atoms with E-state index in [4.69, 9.17) is 10.5 Å².